The number of nitrogens with zero attached hydrogens (tertiary/aromatic N) is 1. The van der Waals surface area contributed by atoms with E-state index >= 15 is 0 Å². The van der Waals surface area contributed by atoms with E-state index in [0.29, 0.717) is 16.9 Å². The molecule has 4 nitrogen and oxygen atoms in total. The van der Waals surface area contributed by atoms with E-state index in [-0.39, 0.29) is 16.3 Å². The predicted molar refractivity (Wildman–Crippen MR) is 117 cm³/mol. The first-order valence-electron chi connectivity index (χ1n) is 9.49. The van der Waals surface area contributed by atoms with Crippen molar-refractivity contribution in [2.45, 2.75) is 13.3 Å². The smallest absolute Gasteiger partial charge is 0.282 e. The van der Waals surface area contributed by atoms with E-state index in [2.05, 4.69) is 12.2 Å². The zero-order chi connectivity index (χ0) is 21.3. The van der Waals surface area contributed by atoms with Crippen molar-refractivity contribution < 1.29 is 14.0 Å². The molecule has 3 aromatic rings. The lowest BCUT2D eigenvalue weighted by Crippen LogP contribution is -2.32. The molecule has 0 saturated heterocycles. The van der Waals surface area contributed by atoms with Gasteiger partial charge in [0.25, 0.3) is 11.8 Å². The third-order valence-electron chi connectivity index (χ3n) is 4.94. The SMILES string of the molecule is CCc1ccc(NC2=C(c3ccc(F)cc3)C(=O)N(c3ccccc3Cl)C2=O)cc1. The first-order valence-corrected chi connectivity index (χ1v) is 9.87. The zero-order valence-electron chi connectivity index (χ0n) is 16.2. The number of benzene rings is 3. The van der Waals surface area contributed by atoms with Crippen molar-refractivity contribution in [3.05, 3.63) is 100 Å². The van der Waals surface area contributed by atoms with Crippen LogP contribution in [-0.2, 0) is 16.0 Å². The van der Waals surface area contributed by atoms with E-state index in [1.807, 2.05) is 24.3 Å². The number of nitrogens with one attached hydrogen (secondary N) is 1. The third-order valence-corrected chi connectivity index (χ3v) is 5.26. The quantitative estimate of drug-likeness (QED) is 0.559. The third kappa shape index (κ3) is 3.60. The highest BCUT2D eigenvalue weighted by Gasteiger charge is 2.41. The van der Waals surface area contributed by atoms with Gasteiger partial charge in [-0.15, -0.1) is 0 Å². The summed E-state index contributed by atoms with van der Waals surface area (Å²) in [6.45, 7) is 2.05. The van der Waals surface area contributed by atoms with Crippen molar-refractivity contribution in [3.63, 3.8) is 0 Å². The van der Waals surface area contributed by atoms with Gasteiger partial charge >= 0.3 is 0 Å². The first-order chi connectivity index (χ1) is 14.5. The molecule has 0 atom stereocenters. The summed E-state index contributed by atoms with van der Waals surface area (Å²) in [7, 11) is 0. The average Bonchev–Trinajstić information content (AvgIpc) is 2.99. The number of carbonyl (C=O) groups excluding carboxylic acids is 2. The Morgan fingerprint density at radius 1 is 0.900 bits per heavy atom. The van der Waals surface area contributed by atoms with Crippen molar-refractivity contribution in [1.29, 1.82) is 0 Å². The number of amides is 2. The van der Waals surface area contributed by atoms with Crippen molar-refractivity contribution in [1.82, 2.24) is 0 Å². The van der Waals surface area contributed by atoms with Gasteiger partial charge in [0, 0.05) is 5.69 Å². The van der Waals surface area contributed by atoms with Gasteiger partial charge in [-0.05, 0) is 53.9 Å². The molecule has 0 bridgehead atoms. The molecule has 1 aliphatic rings. The van der Waals surface area contributed by atoms with Crippen molar-refractivity contribution >= 4 is 40.4 Å². The van der Waals surface area contributed by atoms with Gasteiger partial charge in [-0.1, -0.05) is 54.9 Å². The lowest BCUT2D eigenvalue weighted by atomic mass is 10.0. The normalized spacial score (nSPS) is 13.9. The molecule has 0 radical (unpaired) electrons. The molecule has 0 saturated carbocycles. The van der Waals surface area contributed by atoms with E-state index < -0.39 is 17.6 Å². The summed E-state index contributed by atoms with van der Waals surface area (Å²) >= 11 is 6.26. The van der Waals surface area contributed by atoms with Crippen LogP contribution in [0.15, 0.2) is 78.5 Å². The van der Waals surface area contributed by atoms with Crippen LogP contribution in [0.3, 0.4) is 0 Å². The minimum atomic E-state index is -0.521. The highest BCUT2D eigenvalue weighted by molar-refractivity contribution is 6.48. The Kier molecular flexibility index (Phi) is 5.38. The van der Waals surface area contributed by atoms with Crippen LogP contribution in [0.1, 0.15) is 18.1 Å². The molecule has 4 rings (SSSR count). The molecular weight excluding hydrogens is 403 g/mol. The summed E-state index contributed by atoms with van der Waals surface area (Å²) in [5, 5.41) is 3.37. The highest BCUT2D eigenvalue weighted by atomic mass is 35.5. The number of para-hydroxylation sites is 1. The van der Waals surface area contributed by atoms with Gasteiger partial charge in [0.1, 0.15) is 11.5 Å². The fraction of sp³-hybridized carbons (Fsp3) is 0.0833. The van der Waals surface area contributed by atoms with Crippen molar-refractivity contribution in [2.24, 2.45) is 0 Å². The highest BCUT2D eigenvalue weighted by Crippen LogP contribution is 2.36. The summed E-state index contributed by atoms with van der Waals surface area (Å²) in [5.41, 5.74) is 2.85. The van der Waals surface area contributed by atoms with Gasteiger partial charge in [-0.2, -0.15) is 0 Å². The molecule has 0 fully saturated rings. The minimum Gasteiger partial charge on any atom is -0.350 e. The number of carbonyl (C=O) groups is 2. The molecule has 3 aromatic carbocycles. The molecule has 1 aliphatic heterocycles. The maximum atomic E-state index is 13.4. The Balaban J connectivity index is 1.81. The van der Waals surface area contributed by atoms with Crippen LogP contribution in [0, 0.1) is 5.82 Å². The van der Waals surface area contributed by atoms with Crippen LogP contribution < -0.4 is 10.2 Å². The molecule has 2 amide bonds. The molecular formula is C24H18ClFN2O2. The fourth-order valence-corrected chi connectivity index (χ4v) is 3.57. The van der Waals surface area contributed by atoms with Gasteiger partial charge in [-0.25, -0.2) is 9.29 Å². The molecule has 1 heterocycles. The fourth-order valence-electron chi connectivity index (χ4n) is 3.35. The van der Waals surface area contributed by atoms with Gasteiger partial charge in [0.15, 0.2) is 0 Å². The van der Waals surface area contributed by atoms with Gasteiger partial charge < -0.3 is 5.32 Å². The first kappa shape index (κ1) is 19.9. The summed E-state index contributed by atoms with van der Waals surface area (Å²) in [5.74, 6) is -1.47. The minimum absolute atomic E-state index is 0.121. The van der Waals surface area contributed by atoms with E-state index in [1.165, 1.54) is 24.3 Å². The van der Waals surface area contributed by atoms with E-state index in [0.717, 1.165) is 16.9 Å². The average molecular weight is 421 g/mol. The molecule has 6 heteroatoms. The second kappa shape index (κ2) is 8.13. The second-order valence-electron chi connectivity index (χ2n) is 6.83. The molecule has 1 N–H and O–H groups in total. The van der Waals surface area contributed by atoms with Gasteiger partial charge in [0.05, 0.1) is 16.3 Å². The van der Waals surface area contributed by atoms with Crippen LogP contribution in [-0.4, -0.2) is 11.8 Å². The number of hydrogen-bond donors (Lipinski definition) is 1. The topological polar surface area (TPSA) is 49.4 Å². The van der Waals surface area contributed by atoms with Gasteiger partial charge in [0.2, 0.25) is 0 Å². The Morgan fingerprint density at radius 3 is 2.20 bits per heavy atom. The van der Waals surface area contributed by atoms with Crippen LogP contribution >= 0.6 is 11.6 Å². The summed E-state index contributed by atoms with van der Waals surface area (Å²) < 4.78 is 13.4. The Morgan fingerprint density at radius 2 is 1.57 bits per heavy atom. The number of rotatable bonds is 5. The van der Waals surface area contributed by atoms with Crippen molar-refractivity contribution in [3.8, 4) is 0 Å². The van der Waals surface area contributed by atoms with Crippen LogP contribution in [0.25, 0.3) is 5.57 Å². The van der Waals surface area contributed by atoms with Crippen molar-refractivity contribution in [2.75, 3.05) is 10.2 Å². The molecule has 150 valence electrons. The lowest BCUT2D eigenvalue weighted by Gasteiger charge is -2.16. The maximum Gasteiger partial charge on any atom is 0.282 e. The van der Waals surface area contributed by atoms with Gasteiger partial charge in [-0.3, -0.25) is 9.59 Å². The number of anilines is 2. The van der Waals surface area contributed by atoms with Crippen LogP contribution in [0.4, 0.5) is 15.8 Å². The van der Waals surface area contributed by atoms with E-state index in [1.54, 1.807) is 24.3 Å². The van der Waals surface area contributed by atoms with E-state index in [4.69, 9.17) is 11.6 Å². The maximum absolute atomic E-state index is 13.4. The van der Waals surface area contributed by atoms with Crippen LogP contribution in [0.5, 0.6) is 0 Å². The number of imide groups is 1. The van der Waals surface area contributed by atoms with E-state index in [9.17, 15) is 14.0 Å². The van der Waals surface area contributed by atoms with Crippen LogP contribution in [0.2, 0.25) is 5.02 Å². The summed E-state index contributed by atoms with van der Waals surface area (Å²) in [6.07, 6.45) is 0.890. The Labute approximate surface area is 178 Å². The number of aryl methyl sites for hydroxylation is 1. The standard InChI is InChI=1S/C24H18ClFN2O2/c1-2-15-7-13-18(14-8-15)27-22-21(16-9-11-17(26)12-10-16)23(29)28(24(22)30)20-6-4-3-5-19(20)25/h3-14,27H,2H2,1H3. The largest absolute Gasteiger partial charge is 0.350 e. The molecule has 0 aromatic heterocycles. The Hall–Kier alpha value is -3.44. The lowest BCUT2D eigenvalue weighted by molar-refractivity contribution is -0.120. The monoisotopic (exact) mass is 420 g/mol. The molecule has 0 aliphatic carbocycles. The molecule has 30 heavy (non-hydrogen) atoms. The predicted octanol–water partition coefficient (Wildman–Crippen LogP) is 5.44. The zero-order valence-corrected chi connectivity index (χ0v) is 16.9. The summed E-state index contributed by atoms with van der Waals surface area (Å²) in [4.78, 5) is 27.7. The number of halogens is 2. The second-order valence-corrected chi connectivity index (χ2v) is 7.24. The Bertz CT molecular complexity index is 1150. The molecule has 0 unspecified atom stereocenters. The number of hydrogen-bond acceptors (Lipinski definition) is 3. The molecule has 0 spiro atoms. The summed E-state index contributed by atoms with van der Waals surface area (Å²) in [6, 6.07) is 19.7.